The van der Waals surface area contributed by atoms with E-state index in [1.54, 1.807) is 12.1 Å². The third kappa shape index (κ3) is 6.36. The van der Waals surface area contributed by atoms with Crippen LogP contribution in [0.5, 0.6) is 11.5 Å². The molecule has 3 aromatic carbocycles. The summed E-state index contributed by atoms with van der Waals surface area (Å²) in [7, 11) is 1.46. The van der Waals surface area contributed by atoms with Crippen LogP contribution in [0.1, 0.15) is 81.2 Å². The van der Waals surface area contributed by atoms with Crippen LogP contribution in [-0.2, 0) is 16.6 Å². The molecule has 0 heterocycles. The molecule has 0 radical (unpaired) electrons. The molecule has 5 heteroatoms. The van der Waals surface area contributed by atoms with E-state index >= 15 is 0 Å². The Hall–Kier alpha value is -3.57. The molecule has 0 aromatic heterocycles. The Morgan fingerprint density at radius 1 is 0.897 bits per heavy atom. The summed E-state index contributed by atoms with van der Waals surface area (Å²) < 4.78 is 5.31. The van der Waals surface area contributed by atoms with Gasteiger partial charge in [0.05, 0.1) is 19.1 Å². The lowest BCUT2D eigenvalue weighted by Gasteiger charge is -2.34. The number of hydrogen-bond acceptors (Lipinski definition) is 4. The molecular weight excluding hydrogens is 488 g/mol. The molecule has 0 spiro atoms. The van der Waals surface area contributed by atoms with Crippen LogP contribution in [-0.4, -0.2) is 34.0 Å². The summed E-state index contributed by atoms with van der Waals surface area (Å²) in [5.41, 5.74) is 5.60. The van der Waals surface area contributed by atoms with E-state index in [9.17, 15) is 20.1 Å². The molecule has 0 saturated carbocycles. The van der Waals surface area contributed by atoms with Crippen LogP contribution in [0.15, 0.2) is 60.7 Å². The summed E-state index contributed by atoms with van der Waals surface area (Å²) in [6.45, 7) is 10.5. The van der Waals surface area contributed by atoms with Gasteiger partial charge in [0.25, 0.3) is 0 Å². The van der Waals surface area contributed by atoms with Gasteiger partial charge in [-0.1, -0.05) is 82.3 Å². The number of ether oxygens (including phenoxy) is 1. The molecule has 0 fully saturated rings. The molecule has 39 heavy (non-hydrogen) atoms. The minimum absolute atomic E-state index is 0.00560. The number of aryl methyl sites for hydroxylation is 1. The molecule has 3 rings (SSSR count). The quantitative estimate of drug-likeness (QED) is 0.224. The van der Waals surface area contributed by atoms with Crippen molar-refractivity contribution < 1.29 is 24.9 Å². The van der Waals surface area contributed by atoms with Crippen LogP contribution in [0.3, 0.4) is 0 Å². The molecule has 0 saturated heterocycles. The van der Waals surface area contributed by atoms with Gasteiger partial charge >= 0.3 is 5.97 Å². The lowest BCUT2D eigenvalue weighted by atomic mass is 9.70. The average Bonchev–Trinajstić information content (AvgIpc) is 2.94. The fourth-order valence-electron chi connectivity index (χ4n) is 5.41. The van der Waals surface area contributed by atoms with E-state index in [0.29, 0.717) is 24.0 Å². The lowest BCUT2D eigenvalue weighted by molar-refractivity contribution is -0.136. The first-order chi connectivity index (χ1) is 18.6. The molecule has 3 N–H and O–H groups in total. The van der Waals surface area contributed by atoms with Crippen molar-refractivity contribution in [2.24, 2.45) is 0 Å². The van der Waals surface area contributed by atoms with E-state index in [-0.39, 0.29) is 23.3 Å². The van der Waals surface area contributed by atoms with Gasteiger partial charge in [0, 0.05) is 11.0 Å². The van der Waals surface area contributed by atoms with Crippen LogP contribution in [0.25, 0.3) is 17.2 Å². The summed E-state index contributed by atoms with van der Waals surface area (Å²) in [6.07, 6.45) is 6.96. The highest BCUT2D eigenvalue weighted by atomic mass is 16.5. The van der Waals surface area contributed by atoms with Crippen molar-refractivity contribution in [1.29, 1.82) is 0 Å². The van der Waals surface area contributed by atoms with Crippen LogP contribution < -0.4 is 4.74 Å². The first-order valence-corrected chi connectivity index (χ1v) is 13.8. The summed E-state index contributed by atoms with van der Waals surface area (Å²) in [5, 5.41) is 30.7. The Labute approximate surface area is 232 Å². The van der Waals surface area contributed by atoms with E-state index < -0.39 is 11.6 Å². The van der Waals surface area contributed by atoms with Crippen molar-refractivity contribution in [1.82, 2.24) is 0 Å². The van der Waals surface area contributed by atoms with Crippen molar-refractivity contribution in [3.8, 4) is 22.6 Å². The second kappa shape index (κ2) is 12.5. The molecule has 0 unspecified atom stereocenters. The number of carboxylic acid groups (broad SMARTS) is 1. The zero-order valence-electron chi connectivity index (χ0n) is 24.0. The minimum atomic E-state index is -0.942. The summed E-state index contributed by atoms with van der Waals surface area (Å²) in [4.78, 5) is 11.3. The number of aromatic hydroxyl groups is 1. The molecule has 0 bridgehead atoms. The first-order valence-electron chi connectivity index (χ1n) is 13.8. The number of methoxy groups -OCH3 is 1. The molecule has 3 aromatic rings. The van der Waals surface area contributed by atoms with Crippen LogP contribution >= 0.6 is 0 Å². The number of rotatable bonds is 12. The van der Waals surface area contributed by atoms with Crippen LogP contribution in [0.4, 0.5) is 0 Å². The Bertz CT molecular complexity index is 1310. The van der Waals surface area contributed by atoms with Gasteiger partial charge in [0.1, 0.15) is 0 Å². The molecule has 5 nitrogen and oxygen atoms in total. The number of phenolic OH excluding ortho intramolecular Hbond substituents is 1. The van der Waals surface area contributed by atoms with Crippen molar-refractivity contribution in [3.05, 3.63) is 88.5 Å². The van der Waals surface area contributed by atoms with Crippen LogP contribution in [0.2, 0.25) is 0 Å². The molecular formula is C34H42O5. The predicted octanol–water partition coefficient (Wildman–Crippen LogP) is 7.67. The van der Waals surface area contributed by atoms with E-state index in [0.717, 1.165) is 29.5 Å². The van der Waals surface area contributed by atoms with Gasteiger partial charge in [-0.2, -0.15) is 0 Å². The largest absolute Gasteiger partial charge is 0.504 e. The van der Waals surface area contributed by atoms with E-state index in [1.807, 2.05) is 38.1 Å². The molecule has 208 valence electrons. The molecule has 0 atom stereocenters. The fraction of sp³-hybridized carbons (Fsp3) is 0.382. The highest BCUT2D eigenvalue weighted by molar-refractivity contribution is 5.77. The van der Waals surface area contributed by atoms with Gasteiger partial charge in [0.2, 0.25) is 0 Å². The van der Waals surface area contributed by atoms with Crippen molar-refractivity contribution >= 4 is 12.0 Å². The van der Waals surface area contributed by atoms with E-state index in [1.165, 1.54) is 18.2 Å². The van der Waals surface area contributed by atoms with Gasteiger partial charge in [-0.15, -0.1) is 0 Å². The smallest absolute Gasteiger partial charge is 0.307 e. The third-order valence-electron chi connectivity index (χ3n) is 8.29. The topological polar surface area (TPSA) is 87.0 Å². The SMILES string of the molecule is CCC(O)(C=Cc1ccc(C(CC)(CC)c2ccc(-c3cc(CC(=O)O)cc(OC)c3O)cc2)cc1C)CC. The summed E-state index contributed by atoms with van der Waals surface area (Å²) >= 11 is 0. The molecule has 0 aliphatic heterocycles. The Morgan fingerprint density at radius 3 is 2.03 bits per heavy atom. The number of phenols is 1. The summed E-state index contributed by atoms with van der Waals surface area (Å²) in [6, 6.07) is 18.0. The number of aliphatic hydroxyl groups is 1. The predicted molar refractivity (Wildman–Crippen MR) is 159 cm³/mol. The standard InChI is InChI=1S/C34H42O5/c1-7-33(38,8-2)18-17-25-11-16-28(19-23(25)5)34(9-3,10-4)27-14-12-26(13-15-27)29-20-24(22-31(35)36)21-30(39-6)32(29)37/h11-21,37-38H,7-10,22H2,1-6H3,(H,35,36). The fourth-order valence-corrected chi connectivity index (χ4v) is 5.41. The van der Waals surface area contributed by atoms with Crippen molar-refractivity contribution in [2.45, 2.75) is 77.7 Å². The molecule has 0 amide bonds. The number of hydrogen-bond donors (Lipinski definition) is 3. The second-order valence-corrected chi connectivity index (χ2v) is 10.3. The Morgan fingerprint density at radius 2 is 1.51 bits per heavy atom. The number of carboxylic acids is 1. The van der Waals surface area contributed by atoms with Gasteiger partial charge in [-0.05, 0) is 78.1 Å². The maximum Gasteiger partial charge on any atom is 0.307 e. The van der Waals surface area contributed by atoms with Crippen LogP contribution in [0, 0.1) is 6.92 Å². The Balaban J connectivity index is 2.01. The van der Waals surface area contributed by atoms with Gasteiger partial charge in [-0.3, -0.25) is 4.79 Å². The van der Waals surface area contributed by atoms with Crippen molar-refractivity contribution in [2.75, 3.05) is 7.11 Å². The highest BCUT2D eigenvalue weighted by Gasteiger charge is 2.31. The summed E-state index contributed by atoms with van der Waals surface area (Å²) in [5.74, 6) is -0.693. The van der Waals surface area contributed by atoms with Crippen molar-refractivity contribution in [3.63, 3.8) is 0 Å². The number of carbonyl (C=O) groups is 1. The van der Waals surface area contributed by atoms with Gasteiger partial charge in [0.15, 0.2) is 11.5 Å². The third-order valence-corrected chi connectivity index (χ3v) is 8.29. The van der Waals surface area contributed by atoms with E-state index in [2.05, 4.69) is 51.1 Å². The Kier molecular flexibility index (Phi) is 9.63. The average molecular weight is 531 g/mol. The number of aliphatic carboxylic acids is 1. The zero-order chi connectivity index (χ0) is 28.8. The maximum atomic E-state index is 11.3. The molecule has 0 aliphatic carbocycles. The van der Waals surface area contributed by atoms with E-state index in [4.69, 9.17) is 4.74 Å². The maximum absolute atomic E-state index is 11.3. The minimum Gasteiger partial charge on any atom is -0.504 e. The second-order valence-electron chi connectivity index (χ2n) is 10.3. The highest BCUT2D eigenvalue weighted by Crippen LogP contribution is 2.42. The van der Waals surface area contributed by atoms with Gasteiger partial charge < -0.3 is 20.1 Å². The van der Waals surface area contributed by atoms with Gasteiger partial charge in [-0.25, -0.2) is 0 Å². The lowest BCUT2D eigenvalue weighted by Crippen LogP contribution is -2.26. The first kappa shape index (κ1) is 30.0. The number of benzene rings is 3. The monoisotopic (exact) mass is 530 g/mol. The normalized spacial score (nSPS) is 12.2. The zero-order valence-corrected chi connectivity index (χ0v) is 24.0. The molecule has 0 aliphatic rings.